The number of carbonyl (C=O) groups excluding carboxylic acids is 3. The van der Waals surface area contributed by atoms with E-state index < -0.39 is 0 Å². The minimum absolute atomic E-state index is 0.00495. The molecule has 0 saturated heterocycles. The van der Waals surface area contributed by atoms with E-state index in [1.165, 1.54) is 6.92 Å². The van der Waals surface area contributed by atoms with E-state index in [1.807, 2.05) is 13.8 Å². The van der Waals surface area contributed by atoms with Crippen LogP contribution in [0.4, 0.5) is 0 Å². The van der Waals surface area contributed by atoms with Crippen LogP contribution in [0.2, 0.25) is 0 Å². The summed E-state index contributed by atoms with van der Waals surface area (Å²) in [6.07, 6.45) is 0.612. The molecule has 0 aromatic carbocycles. The van der Waals surface area contributed by atoms with Gasteiger partial charge in [-0.1, -0.05) is 13.8 Å². The van der Waals surface area contributed by atoms with Crippen LogP contribution in [0.1, 0.15) is 40.5 Å². The van der Waals surface area contributed by atoms with Crippen LogP contribution >= 0.6 is 0 Å². The summed E-state index contributed by atoms with van der Waals surface area (Å²) in [4.78, 5) is 35.8. The number of amides is 2. The zero-order valence-corrected chi connectivity index (χ0v) is 12.9. The number of hydrogen-bond acceptors (Lipinski definition) is 4. The zero-order valence-electron chi connectivity index (χ0n) is 12.9. The van der Waals surface area contributed by atoms with E-state index in [9.17, 15) is 14.4 Å². The number of ether oxygens (including phenoxy) is 1. The lowest BCUT2D eigenvalue weighted by molar-refractivity contribution is -0.144. The molecular formula is C14H26N2O4. The molecule has 0 bridgehead atoms. The Hall–Kier alpha value is -1.59. The summed E-state index contributed by atoms with van der Waals surface area (Å²) in [5, 5.41) is 2.65. The normalized spacial score (nSPS) is 10.2. The average Bonchev–Trinajstić information content (AvgIpc) is 2.32. The van der Waals surface area contributed by atoms with Crippen molar-refractivity contribution in [1.29, 1.82) is 0 Å². The second kappa shape index (κ2) is 10.2. The summed E-state index contributed by atoms with van der Waals surface area (Å²) in [7, 11) is 0. The molecule has 0 aliphatic carbocycles. The van der Waals surface area contributed by atoms with Crippen LogP contribution in [0.3, 0.4) is 0 Å². The average molecular weight is 286 g/mol. The van der Waals surface area contributed by atoms with Gasteiger partial charge in [0.1, 0.15) is 0 Å². The second-order valence-corrected chi connectivity index (χ2v) is 5.02. The second-order valence-electron chi connectivity index (χ2n) is 5.02. The molecule has 0 aromatic rings. The van der Waals surface area contributed by atoms with Gasteiger partial charge in [-0.3, -0.25) is 14.4 Å². The van der Waals surface area contributed by atoms with Crippen LogP contribution in [0.25, 0.3) is 0 Å². The van der Waals surface area contributed by atoms with Gasteiger partial charge in [-0.05, 0) is 12.8 Å². The van der Waals surface area contributed by atoms with E-state index in [1.54, 1.807) is 11.8 Å². The number of nitrogens with zero attached hydrogens (tertiary/aromatic N) is 1. The summed E-state index contributed by atoms with van der Waals surface area (Å²) >= 11 is 0. The van der Waals surface area contributed by atoms with E-state index >= 15 is 0 Å². The maximum absolute atomic E-state index is 12.1. The molecule has 0 heterocycles. The fraction of sp³-hybridized carbons (Fsp3) is 0.786. The van der Waals surface area contributed by atoms with Crippen molar-refractivity contribution in [3.8, 4) is 0 Å². The number of rotatable bonds is 9. The van der Waals surface area contributed by atoms with Gasteiger partial charge in [0.15, 0.2) is 0 Å². The first-order valence-corrected chi connectivity index (χ1v) is 7.04. The van der Waals surface area contributed by atoms with Gasteiger partial charge in [-0.15, -0.1) is 0 Å². The van der Waals surface area contributed by atoms with Crippen LogP contribution in [-0.2, 0) is 19.1 Å². The van der Waals surface area contributed by atoms with Crippen molar-refractivity contribution < 1.29 is 19.1 Å². The molecule has 0 spiro atoms. The molecule has 2 amide bonds. The monoisotopic (exact) mass is 286 g/mol. The van der Waals surface area contributed by atoms with Gasteiger partial charge < -0.3 is 15.0 Å². The SMILES string of the molecule is CCOC(=O)CCN(CCNC(C)=O)C(=O)CC(C)C. The Morgan fingerprint density at radius 2 is 1.85 bits per heavy atom. The molecule has 6 nitrogen and oxygen atoms in total. The highest BCUT2D eigenvalue weighted by molar-refractivity contribution is 5.77. The zero-order chi connectivity index (χ0) is 15.5. The van der Waals surface area contributed by atoms with Gasteiger partial charge in [0.25, 0.3) is 0 Å². The highest BCUT2D eigenvalue weighted by Crippen LogP contribution is 2.05. The van der Waals surface area contributed by atoms with E-state index in [0.29, 0.717) is 32.7 Å². The van der Waals surface area contributed by atoms with E-state index in [2.05, 4.69) is 5.32 Å². The lowest BCUT2D eigenvalue weighted by Crippen LogP contribution is -2.39. The molecule has 20 heavy (non-hydrogen) atoms. The van der Waals surface area contributed by atoms with Gasteiger partial charge in [-0.2, -0.15) is 0 Å². The number of esters is 1. The van der Waals surface area contributed by atoms with Crippen molar-refractivity contribution in [2.75, 3.05) is 26.2 Å². The van der Waals surface area contributed by atoms with Crippen LogP contribution in [-0.4, -0.2) is 48.9 Å². The third-order valence-electron chi connectivity index (χ3n) is 2.58. The molecule has 0 atom stereocenters. The molecule has 6 heteroatoms. The Labute approximate surface area is 120 Å². The molecule has 0 saturated carbocycles. The van der Waals surface area contributed by atoms with Gasteiger partial charge in [0.2, 0.25) is 11.8 Å². The van der Waals surface area contributed by atoms with Gasteiger partial charge in [0.05, 0.1) is 13.0 Å². The highest BCUT2D eigenvalue weighted by Gasteiger charge is 2.16. The standard InChI is InChI=1S/C14H26N2O4/c1-5-20-14(19)6-8-16(9-7-15-12(4)17)13(18)10-11(2)3/h11H,5-10H2,1-4H3,(H,15,17). The van der Waals surface area contributed by atoms with Crippen LogP contribution in [0.15, 0.2) is 0 Å². The molecule has 0 radical (unpaired) electrons. The minimum atomic E-state index is -0.311. The summed E-state index contributed by atoms with van der Waals surface area (Å²) in [5.41, 5.74) is 0. The summed E-state index contributed by atoms with van der Waals surface area (Å²) in [5.74, 6) is -0.191. The Kier molecular flexibility index (Phi) is 9.41. The molecule has 0 fully saturated rings. The predicted octanol–water partition coefficient (Wildman–Crippen LogP) is 0.950. The Balaban J connectivity index is 4.33. The van der Waals surface area contributed by atoms with Crippen molar-refractivity contribution in [2.45, 2.75) is 40.5 Å². The topological polar surface area (TPSA) is 75.7 Å². The number of carbonyl (C=O) groups is 3. The fourth-order valence-corrected chi connectivity index (χ4v) is 1.67. The maximum atomic E-state index is 12.1. The van der Waals surface area contributed by atoms with Gasteiger partial charge in [0, 0.05) is 33.0 Å². The Morgan fingerprint density at radius 1 is 1.20 bits per heavy atom. The Morgan fingerprint density at radius 3 is 2.35 bits per heavy atom. The van der Waals surface area contributed by atoms with Gasteiger partial charge >= 0.3 is 5.97 Å². The smallest absolute Gasteiger partial charge is 0.307 e. The molecule has 0 unspecified atom stereocenters. The van der Waals surface area contributed by atoms with Crippen molar-refractivity contribution in [2.24, 2.45) is 5.92 Å². The quantitative estimate of drug-likeness (QED) is 0.640. The third-order valence-corrected chi connectivity index (χ3v) is 2.58. The molecule has 116 valence electrons. The first-order chi connectivity index (χ1) is 9.36. The van der Waals surface area contributed by atoms with Gasteiger partial charge in [-0.25, -0.2) is 0 Å². The summed E-state index contributed by atoms with van der Waals surface area (Å²) in [6, 6.07) is 0. The highest BCUT2D eigenvalue weighted by atomic mass is 16.5. The lowest BCUT2D eigenvalue weighted by Gasteiger charge is -2.23. The molecule has 0 aromatic heterocycles. The fourth-order valence-electron chi connectivity index (χ4n) is 1.67. The largest absolute Gasteiger partial charge is 0.466 e. The molecule has 1 N–H and O–H groups in total. The third kappa shape index (κ3) is 9.35. The van der Waals surface area contributed by atoms with Crippen LogP contribution in [0.5, 0.6) is 0 Å². The van der Waals surface area contributed by atoms with Crippen molar-refractivity contribution >= 4 is 17.8 Å². The number of hydrogen-bond donors (Lipinski definition) is 1. The predicted molar refractivity (Wildman–Crippen MR) is 76.0 cm³/mol. The molecule has 0 rings (SSSR count). The number of nitrogens with one attached hydrogen (secondary N) is 1. The van der Waals surface area contributed by atoms with Crippen molar-refractivity contribution in [1.82, 2.24) is 10.2 Å². The van der Waals surface area contributed by atoms with E-state index in [4.69, 9.17) is 4.74 Å². The van der Waals surface area contributed by atoms with Crippen molar-refractivity contribution in [3.63, 3.8) is 0 Å². The summed E-state index contributed by atoms with van der Waals surface area (Å²) in [6.45, 7) is 8.57. The minimum Gasteiger partial charge on any atom is -0.466 e. The van der Waals surface area contributed by atoms with Crippen LogP contribution in [0, 0.1) is 5.92 Å². The van der Waals surface area contributed by atoms with E-state index in [0.717, 1.165) is 0 Å². The first kappa shape index (κ1) is 18.4. The molecular weight excluding hydrogens is 260 g/mol. The van der Waals surface area contributed by atoms with E-state index in [-0.39, 0.29) is 30.1 Å². The van der Waals surface area contributed by atoms with Crippen LogP contribution < -0.4 is 5.32 Å². The summed E-state index contributed by atoms with van der Waals surface area (Å²) < 4.78 is 4.85. The maximum Gasteiger partial charge on any atom is 0.307 e. The first-order valence-electron chi connectivity index (χ1n) is 7.04. The van der Waals surface area contributed by atoms with Crippen molar-refractivity contribution in [3.05, 3.63) is 0 Å². The lowest BCUT2D eigenvalue weighted by atomic mass is 10.1. The molecule has 0 aliphatic heterocycles. The molecule has 0 aliphatic rings. The Bertz CT molecular complexity index is 329.